The molecule has 0 spiro atoms. The summed E-state index contributed by atoms with van der Waals surface area (Å²) < 4.78 is 14.8. The summed E-state index contributed by atoms with van der Waals surface area (Å²) in [6.07, 6.45) is 0.675. The number of anilines is 1. The number of amides is 3. The number of halogens is 2. The predicted molar refractivity (Wildman–Crippen MR) is 137 cm³/mol. The Bertz CT molecular complexity index is 1490. The van der Waals surface area contributed by atoms with Gasteiger partial charge in [0.2, 0.25) is 11.8 Å². The molecule has 0 aliphatic carbocycles. The number of benzene rings is 2. The number of pyridine rings is 1. The number of aromatic amines is 1. The summed E-state index contributed by atoms with van der Waals surface area (Å²) in [5, 5.41) is 6.55. The summed E-state index contributed by atoms with van der Waals surface area (Å²) >= 11 is 6.09. The van der Waals surface area contributed by atoms with Crippen LogP contribution in [0.1, 0.15) is 34.6 Å². The summed E-state index contributed by atoms with van der Waals surface area (Å²) in [5.41, 5.74) is 1.56. The van der Waals surface area contributed by atoms with Crippen molar-refractivity contribution < 1.29 is 18.8 Å². The van der Waals surface area contributed by atoms with E-state index in [0.717, 1.165) is 17.2 Å². The number of carbonyl (C=O) groups excluding carboxylic acids is 3. The van der Waals surface area contributed by atoms with Gasteiger partial charge in [-0.15, -0.1) is 0 Å². The highest BCUT2D eigenvalue weighted by molar-refractivity contribution is 6.30. The van der Waals surface area contributed by atoms with Gasteiger partial charge in [0.05, 0.1) is 30.2 Å². The van der Waals surface area contributed by atoms with E-state index in [0.29, 0.717) is 36.5 Å². The van der Waals surface area contributed by atoms with Crippen molar-refractivity contribution in [2.24, 2.45) is 0 Å². The minimum Gasteiger partial charge on any atom is -0.374 e. The van der Waals surface area contributed by atoms with Crippen molar-refractivity contribution in [3.05, 3.63) is 74.4 Å². The largest absolute Gasteiger partial charge is 0.374 e. The summed E-state index contributed by atoms with van der Waals surface area (Å²) in [6, 6.07) is 9.42. The van der Waals surface area contributed by atoms with Crippen LogP contribution in [0.4, 0.5) is 10.1 Å². The number of nitrogens with zero attached hydrogens (tertiary/aromatic N) is 2. The standard InChI is InChI=1S/C26H25ClFN5O4/c1-14-18-3-2-17(27)8-15(18)4-6-33(14)24(35)12-30-21-9-16-10-22(31-25(36)19(16)11-20(21)28)26(37)32-7-5-29-23(34)13-32/h2-3,8-11,14,30H,4-7,12-13H2,1H3,(H,29,34)(H,31,36)/t14-/m0/s1. The molecule has 2 aliphatic rings. The number of carbonyl (C=O) groups is 3. The van der Waals surface area contributed by atoms with E-state index in [-0.39, 0.29) is 47.7 Å². The topological polar surface area (TPSA) is 115 Å². The third kappa shape index (κ3) is 4.89. The van der Waals surface area contributed by atoms with Crippen LogP contribution in [-0.2, 0) is 16.0 Å². The zero-order valence-corrected chi connectivity index (χ0v) is 20.8. The molecule has 3 amide bonds. The molecule has 0 bridgehead atoms. The van der Waals surface area contributed by atoms with E-state index in [1.54, 1.807) is 11.0 Å². The quantitative estimate of drug-likeness (QED) is 0.484. The molecule has 1 aromatic heterocycles. The van der Waals surface area contributed by atoms with Crippen LogP contribution in [0, 0.1) is 5.82 Å². The Morgan fingerprint density at radius 3 is 2.76 bits per heavy atom. The normalized spacial score (nSPS) is 17.4. The third-order valence-electron chi connectivity index (χ3n) is 6.88. The highest BCUT2D eigenvalue weighted by Crippen LogP contribution is 2.31. The van der Waals surface area contributed by atoms with Gasteiger partial charge in [-0.3, -0.25) is 19.2 Å². The monoisotopic (exact) mass is 525 g/mol. The highest BCUT2D eigenvalue weighted by Gasteiger charge is 2.28. The molecule has 2 aromatic carbocycles. The molecule has 37 heavy (non-hydrogen) atoms. The number of H-pyrrole nitrogens is 1. The smallest absolute Gasteiger partial charge is 0.270 e. The van der Waals surface area contributed by atoms with Crippen molar-refractivity contribution in [1.82, 2.24) is 20.1 Å². The van der Waals surface area contributed by atoms with E-state index in [1.807, 2.05) is 19.1 Å². The fourth-order valence-corrected chi connectivity index (χ4v) is 5.13. The van der Waals surface area contributed by atoms with Gasteiger partial charge in [0.1, 0.15) is 11.5 Å². The fourth-order valence-electron chi connectivity index (χ4n) is 4.93. The lowest BCUT2D eigenvalue weighted by molar-refractivity contribution is -0.131. The first-order chi connectivity index (χ1) is 17.7. The first-order valence-electron chi connectivity index (χ1n) is 12.0. The predicted octanol–water partition coefficient (Wildman–Crippen LogP) is 2.45. The molecule has 3 aromatic rings. The maximum atomic E-state index is 14.8. The Labute approximate surface area is 216 Å². The van der Waals surface area contributed by atoms with Crippen molar-refractivity contribution >= 4 is 45.8 Å². The molecule has 3 N–H and O–H groups in total. The molecule has 11 heteroatoms. The number of piperazine rings is 1. The Hall–Kier alpha value is -3.92. The molecule has 1 saturated heterocycles. The molecule has 9 nitrogen and oxygen atoms in total. The van der Waals surface area contributed by atoms with Crippen LogP contribution in [0.5, 0.6) is 0 Å². The summed E-state index contributed by atoms with van der Waals surface area (Å²) in [7, 11) is 0. The van der Waals surface area contributed by atoms with Gasteiger partial charge in [0.15, 0.2) is 0 Å². The lowest BCUT2D eigenvalue weighted by Crippen LogP contribution is -2.50. The summed E-state index contributed by atoms with van der Waals surface area (Å²) in [6.45, 7) is 2.85. The molecular formula is C26H25ClFN5O4. The van der Waals surface area contributed by atoms with E-state index in [9.17, 15) is 23.6 Å². The molecule has 5 rings (SSSR count). The van der Waals surface area contributed by atoms with Gasteiger partial charge in [-0.25, -0.2) is 4.39 Å². The second-order valence-corrected chi connectivity index (χ2v) is 9.65. The van der Waals surface area contributed by atoms with Crippen molar-refractivity contribution in [3.63, 3.8) is 0 Å². The molecule has 192 valence electrons. The molecule has 3 heterocycles. The number of hydrogen-bond acceptors (Lipinski definition) is 5. The van der Waals surface area contributed by atoms with Crippen molar-refractivity contribution in [3.8, 4) is 0 Å². The number of rotatable bonds is 4. The molecule has 0 radical (unpaired) electrons. The maximum absolute atomic E-state index is 14.8. The van der Waals surface area contributed by atoms with Gasteiger partial charge in [0.25, 0.3) is 11.5 Å². The van der Waals surface area contributed by atoms with E-state index in [1.165, 1.54) is 17.0 Å². The van der Waals surface area contributed by atoms with E-state index < -0.39 is 17.3 Å². The van der Waals surface area contributed by atoms with Crippen LogP contribution < -0.4 is 16.2 Å². The van der Waals surface area contributed by atoms with E-state index in [2.05, 4.69) is 15.6 Å². The Morgan fingerprint density at radius 2 is 1.97 bits per heavy atom. The van der Waals surface area contributed by atoms with E-state index in [4.69, 9.17) is 11.6 Å². The minimum absolute atomic E-state index is 0.00162. The van der Waals surface area contributed by atoms with Gasteiger partial charge >= 0.3 is 0 Å². The van der Waals surface area contributed by atoms with Gasteiger partial charge < -0.3 is 25.4 Å². The number of hydrogen-bond donors (Lipinski definition) is 3. The molecule has 1 atom stereocenters. The van der Waals surface area contributed by atoms with Crippen molar-refractivity contribution in [2.45, 2.75) is 19.4 Å². The average molecular weight is 526 g/mol. The molecule has 2 aliphatic heterocycles. The van der Waals surface area contributed by atoms with Gasteiger partial charge in [-0.1, -0.05) is 17.7 Å². The van der Waals surface area contributed by atoms with Crippen LogP contribution in [0.3, 0.4) is 0 Å². The molecule has 1 fully saturated rings. The van der Waals surface area contributed by atoms with Crippen LogP contribution in [0.15, 0.2) is 41.2 Å². The molecular weight excluding hydrogens is 501 g/mol. The van der Waals surface area contributed by atoms with Crippen LogP contribution in [0.2, 0.25) is 5.02 Å². The second-order valence-electron chi connectivity index (χ2n) is 9.22. The highest BCUT2D eigenvalue weighted by atomic mass is 35.5. The molecule has 0 unspecified atom stereocenters. The van der Waals surface area contributed by atoms with Crippen molar-refractivity contribution in [2.75, 3.05) is 38.0 Å². The van der Waals surface area contributed by atoms with Crippen LogP contribution in [0.25, 0.3) is 10.8 Å². The van der Waals surface area contributed by atoms with Crippen LogP contribution in [-0.4, -0.2) is 65.2 Å². The Morgan fingerprint density at radius 1 is 1.16 bits per heavy atom. The van der Waals surface area contributed by atoms with Gasteiger partial charge in [-0.05, 0) is 60.2 Å². The lowest BCUT2D eigenvalue weighted by atomic mass is 9.93. The fraction of sp³-hybridized carbons (Fsp3) is 0.308. The Kier molecular flexibility index (Phi) is 6.59. The average Bonchev–Trinajstić information content (AvgIpc) is 2.87. The summed E-state index contributed by atoms with van der Waals surface area (Å²) in [5.74, 6) is -1.67. The number of aromatic nitrogens is 1. The number of fused-ring (bicyclic) bond motifs is 2. The second kappa shape index (κ2) is 9.85. The maximum Gasteiger partial charge on any atom is 0.270 e. The first kappa shape index (κ1) is 24.8. The zero-order valence-electron chi connectivity index (χ0n) is 20.1. The summed E-state index contributed by atoms with van der Waals surface area (Å²) in [4.78, 5) is 55.6. The third-order valence-corrected chi connectivity index (χ3v) is 7.12. The molecule has 0 saturated carbocycles. The van der Waals surface area contributed by atoms with Gasteiger partial charge in [0, 0.05) is 24.7 Å². The lowest BCUT2D eigenvalue weighted by Gasteiger charge is -2.35. The van der Waals surface area contributed by atoms with Gasteiger partial charge in [-0.2, -0.15) is 0 Å². The first-order valence-corrected chi connectivity index (χ1v) is 12.3. The minimum atomic E-state index is -0.691. The SMILES string of the molecule is C[C@H]1c2ccc(Cl)cc2CCN1C(=O)CNc1cc2cc(C(=O)N3CCNC(=O)C3)[nH]c(=O)c2cc1F. The van der Waals surface area contributed by atoms with Crippen molar-refractivity contribution in [1.29, 1.82) is 0 Å². The van der Waals surface area contributed by atoms with Crippen LogP contribution >= 0.6 is 11.6 Å². The van der Waals surface area contributed by atoms with E-state index >= 15 is 0 Å². The zero-order chi connectivity index (χ0) is 26.3. The number of nitrogens with one attached hydrogen (secondary N) is 3. The Balaban J connectivity index is 1.34.